The summed E-state index contributed by atoms with van der Waals surface area (Å²) in [6.45, 7) is 0. The molecule has 1 fully saturated rings. The van der Waals surface area contributed by atoms with Gasteiger partial charge in [0, 0.05) is 0 Å². The summed E-state index contributed by atoms with van der Waals surface area (Å²) in [5.74, 6) is 0.506. The lowest BCUT2D eigenvalue weighted by molar-refractivity contribution is -0.113. The number of hydrogen-bond donors (Lipinski definition) is 1. The zero-order valence-electron chi connectivity index (χ0n) is 9.43. The van der Waals surface area contributed by atoms with Crippen molar-refractivity contribution in [3.05, 3.63) is 35.9 Å². The Morgan fingerprint density at radius 1 is 1.12 bits per heavy atom. The van der Waals surface area contributed by atoms with Crippen LogP contribution in [-0.2, 0) is 4.79 Å². The Bertz CT molecular complexity index is 341. The number of hydrogen-bond acceptors (Lipinski definition) is 1. The highest BCUT2D eigenvalue weighted by atomic mass is 32.1. The van der Waals surface area contributed by atoms with Gasteiger partial charge in [0.2, 0.25) is 0 Å². The van der Waals surface area contributed by atoms with Gasteiger partial charge in [0.25, 0.3) is 0 Å². The molecule has 0 N–H and O–H groups in total. The van der Waals surface area contributed by atoms with Crippen LogP contribution in [0.15, 0.2) is 30.3 Å². The van der Waals surface area contributed by atoms with Crippen molar-refractivity contribution in [1.29, 1.82) is 0 Å². The Labute approximate surface area is 103 Å². The van der Waals surface area contributed by atoms with Gasteiger partial charge in [0.15, 0.2) is 5.12 Å². The van der Waals surface area contributed by atoms with E-state index in [1.165, 1.54) is 32.1 Å². The normalized spacial score (nSPS) is 19.3. The third-order valence-corrected chi connectivity index (χ3v) is 3.82. The molecule has 1 aromatic rings. The Morgan fingerprint density at radius 3 is 2.31 bits per heavy atom. The van der Waals surface area contributed by atoms with Crippen LogP contribution in [0.2, 0.25) is 0 Å². The quantitative estimate of drug-likeness (QED) is 0.787. The van der Waals surface area contributed by atoms with Crippen LogP contribution in [0.25, 0.3) is 0 Å². The monoisotopic (exact) mass is 234 g/mol. The van der Waals surface area contributed by atoms with Crippen LogP contribution >= 0.6 is 12.6 Å². The topological polar surface area (TPSA) is 17.1 Å². The van der Waals surface area contributed by atoms with Crippen LogP contribution in [0.3, 0.4) is 0 Å². The molecule has 2 heteroatoms. The third kappa shape index (κ3) is 2.67. The second-order valence-electron chi connectivity index (χ2n) is 4.62. The highest BCUT2D eigenvalue weighted by Crippen LogP contribution is 2.37. The van der Waals surface area contributed by atoms with E-state index >= 15 is 0 Å². The molecule has 0 aliphatic heterocycles. The summed E-state index contributed by atoms with van der Waals surface area (Å²) >= 11 is 4.08. The minimum atomic E-state index is 0.00448. The van der Waals surface area contributed by atoms with E-state index in [1.54, 1.807) is 0 Å². The Morgan fingerprint density at radius 2 is 1.75 bits per heavy atom. The lowest BCUT2D eigenvalue weighted by atomic mass is 9.77. The predicted octanol–water partition coefficient (Wildman–Crippen LogP) is 3.81. The molecule has 1 aromatic carbocycles. The molecule has 1 aliphatic carbocycles. The van der Waals surface area contributed by atoms with Crippen molar-refractivity contribution < 1.29 is 4.79 Å². The van der Waals surface area contributed by atoms with Gasteiger partial charge in [-0.15, -0.1) is 12.6 Å². The first-order valence-corrected chi connectivity index (χ1v) is 6.51. The van der Waals surface area contributed by atoms with Crippen molar-refractivity contribution in [3.8, 4) is 0 Å². The molecule has 1 saturated carbocycles. The number of thiol groups is 1. The van der Waals surface area contributed by atoms with E-state index < -0.39 is 0 Å². The van der Waals surface area contributed by atoms with Crippen molar-refractivity contribution in [2.75, 3.05) is 0 Å². The molecule has 2 rings (SSSR count). The summed E-state index contributed by atoms with van der Waals surface area (Å²) in [6.07, 6.45) is 6.18. The molecule has 16 heavy (non-hydrogen) atoms. The fraction of sp³-hybridized carbons (Fsp3) is 0.500. The van der Waals surface area contributed by atoms with Crippen LogP contribution < -0.4 is 0 Å². The third-order valence-electron chi connectivity index (χ3n) is 3.55. The zero-order valence-corrected chi connectivity index (χ0v) is 10.3. The molecule has 1 nitrogen and oxygen atoms in total. The maximum absolute atomic E-state index is 11.7. The summed E-state index contributed by atoms with van der Waals surface area (Å²) in [5, 5.41) is 0.0260. The van der Waals surface area contributed by atoms with Gasteiger partial charge in [0.05, 0.1) is 5.92 Å². The van der Waals surface area contributed by atoms with Gasteiger partial charge in [-0.1, -0.05) is 49.6 Å². The van der Waals surface area contributed by atoms with Gasteiger partial charge in [-0.3, -0.25) is 4.79 Å². The first-order valence-electron chi connectivity index (χ1n) is 6.07. The average Bonchev–Trinajstić information content (AvgIpc) is 2.31. The van der Waals surface area contributed by atoms with Crippen LogP contribution in [0, 0.1) is 5.92 Å². The van der Waals surface area contributed by atoms with E-state index in [1.807, 2.05) is 30.3 Å². The van der Waals surface area contributed by atoms with E-state index in [0.717, 1.165) is 5.56 Å². The Kier molecular flexibility index (Phi) is 4.05. The van der Waals surface area contributed by atoms with E-state index in [4.69, 9.17) is 0 Å². The van der Waals surface area contributed by atoms with Gasteiger partial charge in [-0.25, -0.2) is 0 Å². The number of benzene rings is 1. The molecule has 1 unspecified atom stereocenters. The number of carbonyl (C=O) groups is 1. The first kappa shape index (κ1) is 11.7. The smallest absolute Gasteiger partial charge is 0.193 e. The molecule has 1 atom stereocenters. The Hall–Kier alpha value is -0.760. The van der Waals surface area contributed by atoms with Crippen molar-refractivity contribution in [1.82, 2.24) is 0 Å². The second-order valence-corrected chi connectivity index (χ2v) is 5.07. The number of rotatable bonds is 3. The Balaban J connectivity index is 2.20. The highest BCUT2D eigenvalue weighted by Gasteiger charge is 2.28. The highest BCUT2D eigenvalue weighted by molar-refractivity contribution is 7.96. The van der Waals surface area contributed by atoms with Crippen LogP contribution in [0.4, 0.5) is 0 Å². The minimum Gasteiger partial charge on any atom is -0.287 e. The molecule has 0 amide bonds. The van der Waals surface area contributed by atoms with Gasteiger partial charge < -0.3 is 0 Å². The van der Waals surface area contributed by atoms with E-state index in [9.17, 15) is 4.79 Å². The average molecular weight is 234 g/mol. The van der Waals surface area contributed by atoms with E-state index in [0.29, 0.717) is 5.92 Å². The molecule has 86 valence electrons. The second kappa shape index (κ2) is 5.53. The summed E-state index contributed by atoms with van der Waals surface area (Å²) in [4.78, 5) is 11.7. The molecule has 1 aliphatic rings. The fourth-order valence-corrected chi connectivity index (χ4v) is 3.10. The first-order chi connectivity index (χ1) is 7.79. The van der Waals surface area contributed by atoms with E-state index in [2.05, 4.69) is 12.6 Å². The van der Waals surface area contributed by atoms with Gasteiger partial charge >= 0.3 is 0 Å². The molecular weight excluding hydrogens is 216 g/mol. The largest absolute Gasteiger partial charge is 0.287 e. The number of carbonyl (C=O) groups excluding carboxylic acids is 1. The fourth-order valence-electron chi connectivity index (χ4n) is 2.74. The molecule has 0 radical (unpaired) electrons. The predicted molar refractivity (Wildman–Crippen MR) is 69.8 cm³/mol. The lowest BCUT2D eigenvalue weighted by Gasteiger charge is -2.28. The zero-order chi connectivity index (χ0) is 11.4. The van der Waals surface area contributed by atoms with Crippen molar-refractivity contribution in [2.45, 2.75) is 38.0 Å². The minimum absolute atomic E-state index is 0.00448. The summed E-state index contributed by atoms with van der Waals surface area (Å²) in [7, 11) is 0. The van der Waals surface area contributed by atoms with Gasteiger partial charge in [-0.05, 0) is 24.3 Å². The summed E-state index contributed by atoms with van der Waals surface area (Å²) in [6, 6.07) is 10.1. The summed E-state index contributed by atoms with van der Waals surface area (Å²) < 4.78 is 0. The SMILES string of the molecule is O=C(S)C(c1ccccc1)C1CCCCC1. The summed E-state index contributed by atoms with van der Waals surface area (Å²) in [5.41, 5.74) is 1.13. The van der Waals surface area contributed by atoms with Crippen LogP contribution in [0.1, 0.15) is 43.6 Å². The molecular formula is C14H18OS. The van der Waals surface area contributed by atoms with Crippen LogP contribution in [0.5, 0.6) is 0 Å². The van der Waals surface area contributed by atoms with E-state index in [-0.39, 0.29) is 11.0 Å². The van der Waals surface area contributed by atoms with Crippen LogP contribution in [-0.4, -0.2) is 5.12 Å². The molecule has 0 aromatic heterocycles. The van der Waals surface area contributed by atoms with Gasteiger partial charge in [-0.2, -0.15) is 0 Å². The molecule has 0 spiro atoms. The molecule has 0 saturated heterocycles. The maximum Gasteiger partial charge on any atom is 0.193 e. The molecule has 0 bridgehead atoms. The molecule has 0 heterocycles. The lowest BCUT2D eigenvalue weighted by Crippen LogP contribution is -2.21. The standard InChI is InChI=1S/C14H18OS/c15-14(16)13(11-7-3-1-4-8-11)12-9-5-2-6-10-12/h1,3-4,7-8,12-13H,2,5-6,9-10H2,(H,15,16). The maximum atomic E-state index is 11.7. The van der Waals surface area contributed by atoms with Crippen molar-refractivity contribution in [2.24, 2.45) is 5.92 Å². The van der Waals surface area contributed by atoms with Crippen molar-refractivity contribution >= 4 is 17.7 Å². The van der Waals surface area contributed by atoms with Crippen molar-refractivity contribution in [3.63, 3.8) is 0 Å². The van der Waals surface area contributed by atoms with Gasteiger partial charge in [0.1, 0.15) is 0 Å².